The van der Waals surface area contributed by atoms with E-state index >= 15 is 0 Å². The minimum atomic E-state index is -4.52. The molecule has 0 atom stereocenters. The molecule has 0 aromatic heterocycles. The van der Waals surface area contributed by atoms with Crippen molar-refractivity contribution < 1.29 is 23.1 Å². The number of hydrogen-bond acceptors (Lipinski definition) is 2. The maximum absolute atomic E-state index is 12.5. The van der Waals surface area contributed by atoms with Gasteiger partial charge in [-0.25, -0.2) is 4.79 Å². The van der Waals surface area contributed by atoms with E-state index in [0.717, 1.165) is 6.07 Å². The summed E-state index contributed by atoms with van der Waals surface area (Å²) >= 11 is 1.25. The van der Waals surface area contributed by atoms with E-state index in [-0.39, 0.29) is 5.56 Å². The Hall–Kier alpha value is -1.17. The highest BCUT2D eigenvalue weighted by Crippen LogP contribution is 2.33. The third kappa shape index (κ3) is 3.94. The molecule has 0 spiro atoms. The molecular formula is C12H13F3O2S. The van der Waals surface area contributed by atoms with Gasteiger partial charge < -0.3 is 5.11 Å². The Kier molecular flexibility index (Phi) is 4.67. The lowest BCUT2D eigenvalue weighted by molar-refractivity contribution is -0.137. The third-order valence-electron chi connectivity index (χ3n) is 2.11. The summed E-state index contributed by atoms with van der Waals surface area (Å²) in [5, 5.41) is 8.94. The van der Waals surface area contributed by atoms with Gasteiger partial charge in [-0.1, -0.05) is 13.8 Å². The molecule has 100 valence electrons. The van der Waals surface area contributed by atoms with Gasteiger partial charge in [-0.3, -0.25) is 0 Å². The maximum Gasteiger partial charge on any atom is 0.416 e. The smallest absolute Gasteiger partial charge is 0.416 e. The van der Waals surface area contributed by atoms with E-state index in [0.29, 0.717) is 22.6 Å². The van der Waals surface area contributed by atoms with Crippen LogP contribution in [0.3, 0.4) is 0 Å². The molecule has 1 rings (SSSR count). The number of halogens is 3. The van der Waals surface area contributed by atoms with Crippen LogP contribution in [0.1, 0.15) is 29.8 Å². The Labute approximate surface area is 107 Å². The van der Waals surface area contributed by atoms with Crippen LogP contribution in [0.4, 0.5) is 13.2 Å². The summed E-state index contributed by atoms with van der Waals surface area (Å²) in [4.78, 5) is 11.3. The summed E-state index contributed by atoms with van der Waals surface area (Å²) in [7, 11) is 0. The highest BCUT2D eigenvalue weighted by atomic mass is 32.2. The van der Waals surface area contributed by atoms with Crippen LogP contribution in [0.15, 0.2) is 23.1 Å². The fraction of sp³-hybridized carbons (Fsp3) is 0.417. The summed E-state index contributed by atoms with van der Waals surface area (Å²) in [6.45, 7) is 3.91. The van der Waals surface area contributed by atoms with Crippen molar-refractivity contribution in [3.8, 4) is 0 Å². The van der Waals surface area contributed by atoms with Crippen LogP contribution in [0.2, 0.25) is 0 Å². The minimum Gasteiger partial charge on any atom is -0.478 e. The zero-order valence-electron chi connectivity index (χ0n) is 9.91. The maximum atomic E-state index is 12.5. The second kappa shape index (κ2) is 5.65. The molecule has 0 radical (unpaired) electrons. The van der Waals surface area contributed by atoms with Crippen molar-refractivity contribution in [3.05, 3.63) is 29.3 Å². The van der Waals surface area contributed by atoms with E-state index in [4.69, 9.17) is 5.11 Å². The molecule has 2 nitrogen and oxygen atoms in total. The summed E-state index contributed by atoms with van der Waals surface area (Å²) in [6, 6.07) is 2.82. The van der Waals surface area contributed by atoms with E-state index in [2.05, 4.69) is 0 Å². The predicted molar refractivity (Wildman–Crippen MR) is 64.0 cm³/mol. The molecule has 0 unspecified atom stereocenters. The highest BCUT2D eigenvalue weighted by Gasteiger charge is 2.31. The fourth-order valence-corrected chi connectivity index (χ4v) is 2.23. The van der Waals surface area contributed by atoms with Crippen molar-refractivity contribution >= 4 is 17.7 Å². The summed E-state index contributed by atoms with van der Waals surface area (Å²) in [5.41, 5.74) is -1.23. The van der Waals surface area contributed by atoms with Gasteiger partial charge in [0.2, 0.25) is 0 Å². The zero-order valence-corrected chi connectivity index (χ0v) is 10.7. The zero-order chi connectivity index (χ0) is 13.9. The fourth-order valence-electron chi connectivity index (χ4n) is 1.26. The van der Waals surface area contributed by atoms with Crippen LogP contribution in [0, 0.1) is 5.92 Å². The normalized spacial score (nSPS) is 11.9. The monoisotopic (exact) mass is 278 g/mol. The topological polar surface area (TPSA) is 37.3 Å². The van der Waals surface area contributed by atoms with Crippen LogP contribution in [0.5, 0.6) is 0 Å². The Balaban J connectivity index is 3.09. The standard InChI is InChI=1S/C12H13F3O2S/c1-7(2)6-18-10-4-3-8(12(13,14)15)5-9(10)11(16)17/h3-5,7H,6H2,1-2H3,(H,16,17). The van der Waals surface area contributed by atoms with Crippen LogP contribution in [-0.2, 0) is 6.18 Å². The van der Waals surface area contributed by atoms with Crippen LogP contribution < -0.4 is 0 Å². The van der Waals surface area contributed by atoms with Crippen molar-refractivity contribution in [2.24, 2.45) is 5.92 Å². The molecule has 0 saturated heterocycles. The van der Waals surface area contributed by atoms with Gasteiger partial charge in [0, 0.05) is 10.6 Å². The third-order valence-corrected chi connectivity index (χ3v) is 3.61. The number of carbonyl (C=O) groups is 1. The van der Waals surface area contributed by atoms with E-state index in [1.165, 1.54) is 17.8 Å². The van der Waals surface area contributed by atoms with Crippen molar-refractivity contribution in [2.45, 2.75) is 24.9 Å². The number of rotatable bonds is 4. The quantitative estimate of drug-likeness (QED) is 0.841. The molecule has 0 saturated carbocycles. The van der Waals surface area contributed by atoms with E-state index < -0.39 is 17.7 Å². The van der Waals surface area contributed by atoms with Crippen molar-refractivity contribution in [2.75, 3.05) is 5.75 Å². The lowest BCUT2D eigenvalue weighted by atomic mass is 10.1. The van der Waals surface area contributed by atoms with Crippen molar-refractivity contribution in [1.82, 2.24) is 0 Å². The highest BCUT2D eigenvalue weighted by molar-refractivity contribution is 7.99. The average molecular weight is 278 g/mol. The minimum absolute atomic E-state index is 0.296. The van der Waals surface area contributed by atoms with Crippen molar-refractivity contribution in [3.63, 3.8) is 0 Å². The molecule has 0 heterocycles. The molecule has 0 aliphatic rings. The van der Waals surface area contributed by atoms with Gasteiger partial charge in [0.25, 0.3) is 0 Å². The molecular weight excluding hydrogens is 265 g/mol. The van der Waals surface area contributed by atoms with Gasteiger partial charge in [0.05, 0.1) is 11.1 Å². The van der Waals surface area contributed by atoms with Gasteiger partial charge in [-0.2, -0.15) is 13.2 Å². The molecule has 0 bridgehead atoms. The lowest BCUT2D eigenvalue weighted by Crippen LogP contribution is -2.08. The predicted octanol–water partition coefficient (Wildman–Crippen LogP) is 4.15. The second-order valence-electron chi connectivity index (χ2n) is 4.22. The van der Waals surface area contributed by atoms with Gasteiger partial charge in [-0.05, 0) is 24.1 Å². The first-order valence-corrected chi connectivity index (χ1v) is 6.27. The number of alkyl halides is 3. The second-order valence-corrected chi connectivity index (χ2v) is 5.28. The number of hydrogen-bond donors (Lipinski definition) is 1. The molecule has 0 aliphatic heterocycles. The van der Waals surface area contributed by atoms with E-state index in [1.54, 1.807) is 0 Å². The summed E-state index contributed by atoms with van der Waals surface area (Å²) in [6.07, 6.45) is -4.52. The van der Waals surface area contributed by atoms with Crippen molar-refractivity contribution in [1.29, 1.82) is 0 Å². The molecule has 0 amide bonds. The number of benzene rings is 1. The largest absolute Gasteiger partial charge is 0.478 e. The Morgan fingerprint density at radius 2 is 2.00 bits per heavy atom. The number of carboxylic acid groups (broad SMARTS) is 1. The first kappa shape index (κ1) is 14.9. The molecule has 0 fully saturated rings. The first-order valence-electron chi connectivity index (χ1n) is 5.29. The van der Waals surface area contributed by atoms with Gasteiger partial charge in [0.1, 0.15) is 0 Å². The van der Waals surface area contributed by atoms with E-state index in [1.807, 2.05) is 13.8 Å². The summed E-state index contributed by atoms with van der Waals surface area (Å²) < 4.78 is 37.4. The Bertz CT molecular complexity index is 441. The molecule has 6 heteroatoms. The first-order chi connectivity index (χ1) is 8.21. The SMILES string of the molecule is CC(C)CSc1ccc(C(F)(F)F)cc1C(=O)O. The summed E-state index contributed by atoms with van der Waals surface area (Å²) in [5.74, 6) is -0.350. The Morgan fingerprint density at radius 3 is 2.44 bits per heavy atom. The van der Waals surface area contributed by atoms with Crippen LogP contribution >= 0.6 is 11.8 Å². The molecule has 18 heavy (non-hydrogen) atoms. The van der Waals surface area contributed by atoms with Gasteiger partial charge in [0.15, 0.2) is 0 Å². The average Bonchev–Trinajstić information content (AvgIpc) is 2.24. The number of thioether (sulfide) groups is 1. The number of carboxylic acids is 1. The molecule has 1 aromatic carbocycles. The van der Waals surface area contributed by atoms with E-state index in [9.17, 15) is 18.0 Å². The molecule has 1 N–H and O–H groups in total. The number of aromatic carboxylic acids is 1. The van der Waals surface area contributed by atoms with Crippen LogP contribution in [0.25, 0.3) is 0 Å². The van der Waals surface area contributed by atoms with Crippen LogP contribution in [-0.4, -0.2) is 16.8 Å². The lowest BCUT2D eigenvalue weighted by Gasteiger charge is -2.11. The molecule has 1 aromatic rings. The molecule has 0 aliphatic carbocycles. The Morgan fingerprint density at radius 1 is 1.39 bits per heavy atom. The van der Waals surface area contributed by atoms with Gasteiger partial charge in [-0.15, -0.1) is 11.8 Å². The van der Waals surface area contributed by atoms with Gasteiger partial charge >= 0.3 is 12.1 Å².